The first-order valence-electron chi connectivity index (χ1n) is 10.9. The van der Waals surface area contributed by atoms with Crippen LogP contribution in [0.25, 0.3) is 0 Å². The number of likely N-dealkylation sites (tertiary alicyclic amines) is 1. The lowest BCUT2D eigenvalue weighted by Gasteiger charge is -2.35. The van der Waals surface area contributed by atoms with Gasteiger partial charge in [-0.05, 0) is 75.5 Å². The number of nitrogens with zero attached hydrogens (tertiary/aromatic N) is 1. The highest BCUT2D eigenvalue weighted by Crippen LogP contribution is 2.40. The van der Waals surface area contributed by atoms with E-state index in [-0.39, 0.29) is 35.4 Å². The van der Waals surface area contributed by atoms with Crippen LogP contribution in [0, 0.1) is 23.4 Å². The number of benzene rings is 1. The highest BCUT2D eigenvalue weighted by molar-refractivity contribution is 7.90. The van der Waals surface area contributed by atoms with E-state index in [9.17, 15) is 21.6 Å². The Kier molecular flexibility index (Phi) is 6.44. The van der Waals surface area contributed by atoms with Crippen molar-refractivity contribution >= 4 is 10.0 Å². The van der Waals surface area contributed by atoms with Crippen LogP contribution in [-0.4, -0.2) is 49.8 Å². The number of halogens is 3. The average Bonchev–Trinajstić information content (AvgIpc) is 3.59. The van der Waals surface area contributed by atoms with Gasteiger partial charge in [0, 0.05) is 30.7 Å². The maximum atomic E-state index is 14.0. The van der Waals surface area contributed by atoms with Crippen LogP contribution < -0.4 is 10.5 Å². The molecule has 1 aromatic rings. The summed E-state index contributed by atoms with van der Waals surface area (Å²) in [6.07, 6.45) is 6.39. The molecule has 30 heavy (non-hydrogen) atoms. The third-order valence-corrected chi connectivity index (χ3v) is 8.53. The molecule has 0 aromatic heterocycles. The molecule has 2 saturated carbocycles. The van der Waals surface area contributed by atoms with Gasteiger partial charge in [0.25, 0.3) is 0 Å². The Bertz CT molecular complexity index is 874. The summed E-state index contributed by atoms with van der Waals surface area (Å²) in [7, 11) is -3.21. The minimum Gasteiger partial charge on any atom is -0.327 e. The predicted molar refractivity (Wildman–Crippen MR) is 109 cm³/mol. The fraction of sp³-hybridized carbons (Fsp3) is 0.714. The van der Waals surface area contributed by atoms with Crippen LogP contribution in [0.4, 0.5) is 13.2 Å². The van der Waals surface area contributed by atoms with Gasteiger partial charge in [-0.2, -0.15) is 0 Å². The van der Waals surface area contributed by atoms with Crippen LogP contribution in [0.5, 0.6) is 0 Å². The predicted octanol–water partition coefficient (Wildman–Crippen LogP) is 2.69. The largest absolute Gasteiger partial charge is 0.327 e. The molecule has 168 valence electrons. The van der Waals surface area contributed by atoms with Crippen molar-refractivity contribution in [3.63, 3.8) is 0 Å². The number of rotatable bonds is 10. The molecule has 2 aliphatic carbocycles. The normalized spacial score (nSPS) is 24.9. The molecule has 1 heterocycles. The van der Waals surface area contributed by atoms with Gasteiger partial charge in [-0.25, -0.2) is 26.3 Å². The molecule has 0 bridgehead atoms. The molecule has 3 atom stereocenters. The fourth-order valence-electron chi connectivity index (χ4n) is 4.70. The van der Waals surface area contributed by atoms with E-state index in [1.165, 1.54) is 0 Å². The van der Waals surface area contributed by atoms with Gasteiger partial charge in [-0.15, -0.1) is 0 Å². The summed E-state index contributed by atoms with van der Waals surface area (Å²) in [6, 6.07) is 1.40. The number of nitrogens with one attached hydrogen (secondary N) is 1. The molecular weight excluding hydrogens is 415 g/mol. The topological polar surface area (TPSA) is 75.4 Å². The van der Waals surface area contributed by atoms with Crippen molar-refractivity contribution in [2.24, 2.45) is 11.7 Å². The molecule has 1 aliphatic heterocycles. The van der Waals surface area contributed by atoms with Crippen molar-refractivity contribution in [2.75, 3.05) is 13.1 Å². The van der Waals surface area contributed by atoms with Crippen LogP contribution in [0.2, 0.25) is 0 Å². The zero-order chi connectivity index (χ0) is 21.5. The van der Waals surface area contributed by atoms with Gasteiger partial charge in [0.2, 0.25) is 10.0 Å². The molecule has 3 N–H and O–H groups in total. The van der Waals surface area contributed by atoms with E-state index in [0.29, 0.717) is 24.9 Å². The molecule has 0 amide bonds. The third kappa shape index (κ3) is 5.18. The zero-order valence-corrected chi connectivity index (χ0v) is 17.8. The first-order chi connectivity index (χ1) is 14.2. The maximum absolute atomic E-state index is 14.0. The van der Waals surface area contributed by atoms with Crippen molar-refractivity contribution in [1.82, 2.24) is 9.62 Å². The van der Waals surface area contributed by atoms with Gasteiger partial charge in [0.1, 0.15) is 5.82 Å². The second-order valence-corrected chi connectivity index (χ2v) is 11.1. The average molecular weight is 446 g/mol. The van der Waals surface area contributed by atoms with Gasteiger partial charge in [-0.3, -0.25) is 4.90 Å². The number of sulfonamides is 1. The summed E-state index contributed by atoms with van der Waals surface area (Å²) in [5.41, 5.74) is 6.40. The molecule has 3 unspecified atom stereocenters. The summed E-state index contributed by atoms with van der Waals surface area (Å²) in [5, 5.41) is -0.231. The summed E-state index contributed by atoms with van der Waals surface area (Å²) in [4.78, 5) is 2.37. The van der Waals surface area contributed by atoms with Crippen molar-refractivity contribution in [1.29, 1.82) is 0 Å². The monoisotopic (exact) mass is 445 g/mol. The summed E-state index contributed by atoms with van der Waals surface area (Å²) < 4.78 is 67.9. The lowest BCUT2D eigenvalue weighted by molar-refractivity contribution is 0.145. The van der Waals surface area contributed by atoms with E-state index in [1.807, 2.05) is 0 Å². The molecule has 9 heteroatoms. The van der Waals surface area contributed by atoms with Gasteiger partial charge in [-0.1, -0.05) is 0 Å². The van der Waals surface area contributed by atoms with E-state index >= 15 is 0 Å². The Morgan fingerprint density at radius 3 is 2.43 bits per heavy atom. The Labute approximate surface area is 176 Å². The molecule has 1 aromatic carbocycles. The standard InChI is InChI=1S/C21H30F3N3O2S/c22-18-11-20(24)19(23)9-14(18)8-15(25)10-21(13-3-4-13)27-7-1-2-16(27)12-26-30(28,29)17-5-6-17/h9,11,13,15-17,21,26H,1-8,10,12,25H2. The smallest absolute Gasteiger partial charge is 0.214 e. The molecule has 0 radical (unpaired) electrons. The Morgan fingerprint density at radius 1 is 1.07 bits per heavy atom. The van der Waals surface area contributed by atoms with Crippen molar-refractivity contribution < 1.29 is 21.6 Å². The van der Waals surface area contributed by atoms with Gasteiger partial charge >= 0.3 is 0 Å². The number of nitrogens with two attached hydrogens (primary N) is 1. The van der Waals surface area contributed by atoms with E-state index in [0.717, 1.165) is 51.1 Å². The highest BCUT2D eigenvalue weighted by Gasteiger charge is 2.42. The van der Waals surface area contributed by atoms with Gasteiger partial charge in [0.15, 0.2) is 11.6 Å². The SMILES string of the molecule is NC(Cc1cc(F)c(F)cc1F)CC(C1CC1)N1CCCC1CNS(=O)(=O)C1CC1. The Morgan fingerprint density at radius 2 is 1.77 bits per heavy atom. The molecule has 3 aliphatic rings. The molecule has 1 saturated heterocycles. The lowest BCUT2D eigenvalue weighted by Crippen LogP contribution is -2.48. The van der Waals surface area contributed by atoms with E-state index < -0.39 is 27.5 Å². The van der Waals surface area contributed by atoms with Gasteiger partial charge < -0.3 is 5.73 Å². The third-order valence-electron chi connectivity index (χ3n) is 6.61. The van der Waals surface area contributed by atoms with Crippen LogP contribution >= 0.6 is 0 Å². The van der Waals surface area contributed by atoms with Crippen molar-refractivity contribution in [2.45, 2.75) is 74.7 Å². The van der Waals surface area contributed by atoms with Gasteiger partial charge in [0.05, 0.1) is 5.25 Å². The zero-order valence-electron chi connectivity index (χ0n) is 17.0. The minimum absolute atomic E-state index is 0.0890. The summed E-state index contributed by atoms with van der Waals surface area (Å²) in [5.74, 6) is -2.54. The van der Waals surface area contributed by atoms with Crippen LogP contribution in [0.1, 0.15) is 50.5 Å². The Balaban J connectivity index is 1.38. The number of hydrogen-bond acceptors (Lipinski definition) is 4. The minimum atomic E-state index is -3.21. The van der Waals surface area contributed by atoms with Crippen molar-refractivity contribution in [3.05, 3.63) is 35.1 Å². The first-order valence-corrected chi connectivity index (χ1v) is 12.4. The van der Waals surface area contributed by atoms with E-state index in [4.69, 9.17) is 5.73 Å². The van der Waals surface area contributed by atoms with Crippen molar-refractivity contribution in [3.8, 4) is 0 Å². The van der Waals surface area contributed by atoms with E-state index in [1.54, 1.807) is 0 Å². The molecule has 3 fully saturated rings. The van der Waals surface area contributed by atoms with Crippen LogP contribution in [0.15, 0.2) is 12.1 Å². The Hall–Kier alpha value is -1.16. The molecule has 4 rings (SSSR count). The summed E-state index contributed by atoms with van der Waals surface area (Å²) in [6.45, 7) is 1.30. The summed E-state index contributed by atoms with van der Waals surface area (Å²) >= 11 is 0. The molecular formula is C21H30F3N3O2S. The highest BCUT2D eigenvalue weighted by atomic mass is 32.2. The number of hydrogen-bond donors (Lipinski definition) is 2. The van der Waals surface area contributed by atoms with Crippen LogP contribution in [-0.2, 0) is 16.4 Å². The van der Waals surface area contributed by atoms with E-state index in [2.05, 4.69) is 9.62 Å². The second-order valence-electron chi connectivity index (χ2n) is 9.09. The second kappa shape index (κ2) is 8.76. The first kappa shape index (κ1) is 22.0. The quantitative estimate of drug-likeness (QED) is 0.543. The molecule has 0 spiro atoms. The maximum Gasteiger partial charge on any atom is 0.214 e. The fourth-order valence-corrected chi connectivity index (χ4v) is 6.12. The molecule has 5 nitrogen and oxygen atoms in total. The van der Waals surface area contributed by atoms with Crippen LogP contribution in [0.3, 0.4) is 0 Å². The lowest BCUT2D eigenvalue weighted by atomic mass is 9.95.